The molecule has 1 rings (SSSR count). The van der Waals surface area contributed by atoms with Crippen molar-refractivity contribution in [2.45, 2.75) is 25.9 Å². The molecule has 1 unspecified atom stereocenters. The lowest BCUT2D eigenvalue weighted by molar-refractivity contribution is 0.184. The van der Waals surface area contributed by atoms with Crippen LogP contribution in [-0.4, -0.2) is 24.7 Å². The molecule has 0 amide bonds. The van der Waals surface area contributed by atoms with Crippen LogP contribution < -0.4 is 5.32 Å². The Kier molecular flexibility index (Phi) is 5.61. The van der Waals surface area contributed by atoms with Gasteiger partial charge in [-0.25, -0.2) is 0 Å². The molecule has 0 radical (unpaired) electrons. The standard InChI is InChI=1S/C11H17ClN2O/c1-9(5-6-15-2)13-8-11-4-3-10(12)7-14-11/h3-4,7,9,13H,5-6,8H2,1-2H3. The zero-order valence-electron chi connectivity index (χ0n) is 9.16. The zero-order chi connectivity index (χ0) is 11.1. The van der Waals surface area contributed by atoms with E-state index in [2.05, 4.69) is 17.2 Å². The van der Waals surface area contributed by atoms with Crippen molar-refractivity contribution < 1.29 is 4.74 Å². The summed E-state index contributed by atoms with van der Waals surface area (Å²) in [5, 5.41) is 4.04. The van der Waals surface area contributed by atoms with Crippen molar-refractivity contribution in [3.8, 4) is 0 Å². The van der Waals surface area contributed by atoms with Crippen LogP contribution in [0.15, 0.2) is 18.3 Å². The summed E-state index contributed by atoms with van der Waals surface area (Å²) in [6.07, 6.45) is 2.67. The second-order valence-corrected chi connectivity index (χ2v) is 3.97. The van der Waals surface area contributed by atoms with Gasteiger partial charge in [-0.05, 0) is 25.5 Å². The molecule has 15 heavy (non-hydrogen) atoms. The maximum atomic E-state index is 5.74. The first-order chi connectivity index (χ1) is 7.22. The molecule has 1 N–H and O–H groups in total. The Morgan fingerprint density at radius 2 is 2.33 bits per heavy atom. The molecule has 0 fully saturated rings. The quantitative estimate of drug-likeness (QED) is 0.811. The van der Waals surface area contributed by atoms with E-state index in [-0.39, 0.29) is 0 Å². The van der Waals surface area contributed by atoms with E-state index in [0.717, 1.165) is 25.3 Å². The van der Waals surface area contributed by atoms with Gasteiger partial charge in [-0.3, -0.25) is 4.98 Å². The van der Waals surface area contributed by atoms with Crippen molar-refractivity contribution in [2.75, 3.05) is 13.7 Å². The summed E-state index contributed by atoms with van der Waals surface area (Å²) in [6, 6.07) is 4.21. The number of halogens is 1. The fraction of sp³-hybridized carbons (Fsp3) is 0.545. The molecular formula is C11H17ClN2O. The van der Waals surface area contributed by atoms with Gasteiger partial charge in [0.25, 0.3) is 0 Å². The van der Waals surface area contributed by atoms with E-state index < -0.39 is 0 Å². The molecule has 4 heteroatoms. The number of rotatable bonds is 6. The van der Waals surface area contributed by atoms with Crippen molar-refractivity contribution in [1.29, 1.82) is 0 Å². The molecule has 0 aliphatic rings. The summed E-state index contributed by atoms with van der Waals surface area (Å²) >= 11 is 5.74. The van der Waals surface area contributed by atoms with Crippen molar-refractivity contribution in [2.24, 2.45) is 0 Å². The van der Waals surface area contributed by atoms with E-state index in [1.54, 1.807) is 13.3 Å². The van der Waals surface area contributed by atoms with E-state index in [0.29, 0.717) is 11.1 Å². The first-order valence-corrected chi connectivity index (χ1v) is 5.43. The number of methoxy groups -OCH3 is 1. The summed E-state index contributed by atoms with van der Waals surface area (Å²) < 4.78 is 5.01. The van der Waals surface area contributed by atoms with E-state index in [1.807, 2.05) is 12.1 Å². The molecule has 0 aromatic carbocycles. The fourth-order valence-corrected chi connectivity index (χ4v) is 1.30. The highest BCUT2D eigenvalue weighted by atomic mass is 35.5. The number of hydrogen-bond acceptors (Lipinski definition) is 3. The van der Waals surface area contributed by atoms with Crippen LogP contribution in [-0.2, 0) is 11.3 Å². The monoisotopic (exact) mass is 228 g/mol. The third kappa shape index (κ3) is 5.11. The minimum atomic E-state index is 0.433. The molecule has 0 aliphatic heterocycles. The Labute approximate surface area is 95.8 Å². The Hall–Kier alpha value is -0.640. The molecule has 1 atom stereocenters. The Bertz CT molecular complexity index is 276. The van der Waals surface area contributed by atoms with Crippen molar-refractivity contribution in [3.05, 3.63) is 29.0 Å². The molecule has 84 valence electrons. The third-order valence-electron chi connectivity index (χ3n) is 2.18. The van der Waals surface area contributed by atoms with E-state index in [9.17, 15) is 0 Å². The lowest BCUT2D eigenvalue weighted by Gasteiger charge is -2.12. The minimum Gasteiger partial charge on any atom is -0.385 e. The van der Waals surface area contributed by atoms with Crippen LogP contribution >= 0.6 is 11.6 Å². The van der Waals surface area contributed by atoms with E-state index in [1.165, 1.54) is 0 Å². The Morgan fingerprint density at radius 3 is 2.93 bits per heavy atom. The number of pyridine rings is 1. The third-order valence-corrected chi connectivity index (χ3v) is 2.40. The van der Waals surface area contributed by atoms with Crippen LogP contribution in [0.5, 0.6) is 0 Å². The number of hydrogen-bond donors (Lipinski definition) is 1. The van der Waals surface area contributed by atoms with Gasteiger partial charge in [-0.1, -0.05) is 11.6 Å². The van der Waals surface area contributed by atoms with Gasteiger partial charge in [0.05, 0.1) is 10.7 Å². The minimum absolute atomic E-state index is 0.433. The molecule has 0 saturated heterocycles. The highest BCUT2D eigenvalue weighted by Crippen LogP contribution is 2.06. The summed E-state index contributed by atoms with van der Waals surface area (Å²) in [5.74, 6) is 0. The van der Waals surface area contributed by atoms with Gasteiger partial charge in [0, 0.05) is 32.5 Å². The van der Waals surface area contributed by atoms with Gasteiger partial charge in [0.1, 0.15) is 0 Å². The predicted octanol–water partition coefficient (Wildman–Crippen LogP) is 2.25. The zero-order valence-corrected chi connectivity index (χ0v) is 9.92. The highest BCUT2D eigenvalue weighted by Gasteiger charge is 2.01. The number of nitrogens with zero attached hydrogens (tertiary/aromatic N) is 1. The van der Waals surface area contributed by atoms with Crippen molar-refractivity contribution >= 4 is 11.6 Å². The molecule has 0 spiro atoms. The van der Waals surface area contributed by atoms with Crippen molar-refractivity contribution in [3.63, 3.8) is 0 Å². The average Bonchev–Trinajstić information content (AvgIpc) is 2.25. The molecular weight excluding hydrogens is 212 g/mol. The molecule has 1 aromatic rings. The van der Waals surface area contributed by atoms with Crippen LogP contribution in [0.1, 0.15) is 19.0 Å². The molecule has 1 heterocycles. The van der Waals surface area contributed by atoms with Crippen molar-refractivity contribution in [1.82, 2.24) is 10.3 Å². The lowest BCUT2D eigenvalue weighted by atomic mass is 10.2. The van der Waals surface area contributed by atoms with Crippen LogP contribution in [0.25, 0.3) is 0 Å². The maximum absolute atomic E-state index is 5.74. The lowest BCUT2D eigenvalue weighted by Crippen LogP contribution is -2.26. The smallest absolute Gasteiger partial charge is 0.0589 e. The summed E-state index contributed by atoms with van der Waals surface area (Å²) in [6.45, 7) is 3.68. The summed E-state index contributed by atoms with van der Waals surface area (Å²) in [5.41, 5.74) is 1.00. The molecule has 1 aromatic heterocycles. The Balaban J connectivity index is 2.27. The predicted molar refractivity (Wildman–Crippen MR) is 62.0 cm³/mol. The molecule has 0 aliphatic carbocycles. The normalized spacial score (nSPS) is 12.7. The summed E-state index contributed by atoms with van der Waals surface area (Å²) in [4.78, 5) is 4.20. The number of ether oxygens (including phenoxy) is 1. The van der Waals surface area contributed by atoms with Gasteiger partial charge in [0.15, 0.2) is 0 Å². The van der Waals surface area contributed by atoms with Crippen LogP contribution in [0.2, 0.25) is 5.02 Å². The number of nitrogens with one attached hydrogen (secondary N) is 1. The molecule has 0 saturated carbocycles. The average molecular weight is 229 g/mol. The maximum Gasteiger partial charge on any atom is 0.0589 e. The van der Waals surface area contributed by atoms with E-state index in [4.69, 9.17) is 16.3 Å². The number of aromatic nitrogens is 1. The first kappa shape index (κ1) is 12.4. The van der Waals surface area contributed by atoms with Gasteiger partial charge in [-0.2, -0.15) is 0 Å². The summed E-state index contributed by atoms with van der Waals surface area (Å²) in [7, 11) is 1.72. The van der Waals surface area contributed by atoms with Gasteiger partial charge < -0.3 is 10.1 Å². The largest absolute Gasteiger partial charge is 0.385 e. The first-order valence-electron chi connectivity index (χ1n) is 5.05. The SMILES string of the molecule is COCCC(C)NCc1ccc(Cl)cn1. The van der Waals surface area contributed by atoms with Gasteiger partial charge in [0.2, 0.25) is 0 Å². The highest BCUT2D eigenvalue weighted by molar-refractivity contribution is 6.30. The van der Waals surface area contributed by atoms with Crippen LogP contribution in [0.3, 0.4) is 0 Å². The van der Waals surface area contributed by atoms with Gasteiger partial charge >= 0.3 is 0 Å². The van der Waals surface area contributed by atoms with Crippen LogP contribution in [0.4, 0.5) is 0 Å². The Morgan fingerprint density at radius 1 is 1.53 bits per heavy atom. The fourth-order valence-electron chi connectivity index (χ4n) is 1.19. The molecule has 3 nitrogen and oxygen atoms in total. The topological polar surface area (TPSA) is 34.1 Å². The second-order valence-electron chi connectivity index (χ2n) is 3.53. The van der Waals surface area contributed by atoms with Crippen LogP contribution in [0, 0.1) is 0 Å². The van der Waals surface area contributed by atoms with E-state index >= 15 is 0 Å². The second kappa shape index (κ2) is 6.77. The van der Waals surface area contributed by atoms with Gasteiger partial charge in [-0.15, -0.1) is 0 Å². The molecule has 0 bridgehead atoms.